The van der Waals surface area contributed by atoms with Gasteiger partial charge in [-0.25, -0.2) is 4.79 Å². The lowest BCUT2D eigenvalue weighted by Crippen LogP contribution is -2.45. The fraction of sp³-hybridized carbons (Fsp3) is 0.429. The maximum atomic E-state index is 12.0. The molecule has 1 saturated heterocycles. The molecule has 0 aliphatic carbocycles. The third kappa shape index (κ3) is 2.68. The van der Waals surface area contributed by atoms with Crippen LogP contribution >= 0.6 is 0 Å². The molecule has 1 aromatic carbocycles. The SMILES string of the molecule is COc1cccc(N2C(=O)OCC2(C)CCC(=O)O)c1. The molecule has 108 valence electrons. The zero-order valence-electron chi connectivity index (χ0n) is 11.5. The molecule has 0 bridgehead atoms. The third-order valence-electron chi connectivity index (χ3n) is 3.42. The average molecular weight is 279 g/mol. The van der Waals surface area contributed by atoms with E-state index < -0.39 is 17.6 Å². The molecule has 1 fully saturated rings. The van der Waals surface area contributed by atoms with Crippen LogP contribution in [-0.2, 0) is 9.53 Å². The number of rotatable bonds is 5. The number of aliphatic carboxylic acids is 1. The lowest BCUT2D eigenvalue weighted by Gasteiger charge is -2.31. The van der Waals surface area contributed by atoms with E-state index in [0.717, 1.165) is 0 Å². The van der Waals surface area contributed by atoms with Gasteiger partial charge in [0, 0.05) is 12.5 Å². The number of carbonyl (C=O) groups excluding carboxylic acids is 1. The number of amides is 1. The highest BCUT2D eigenvalue weighted by atomic mass is 16.6. The van der Waals surface area contributed by atoms with Crippen LogP contribution < -0.4 is 9.64 Å². The number of carboxylic acids is 1. The van der Waals surface area contributed by atoms with E-state index in [2.05, 4.69) is 0 Å². The number of benzene rings is 1. The highest BCUT2D eigenvalue weighted by molar-refractivity contribution is 5.91. The summed E-state index contributed by atoms with van der Waals surface area (Å²) in [5, 5.41) is 8.83. The lowest BCUT2D eigenvalue weighted by atomic mass is 9.95. The van der Waals surface area contributed by atoms with Crippen LogP contribution in [0.1, 0.15) is 19.8 Å². The van der Waals surface area contributed by atoms with Gasteiger partial charge in [-0.05, 0) is 25.5 Å². The maximum Gasteiger partial charge on any atom is 0.415 e. The second-order valence-electron chi connectivity index (χ2n) is 4.98. The molecule has 20 heavy (non-hydrogen) atoms. The normalized spacial score (nSPS) is 21.7. The minimum atomic E-state index is -0.892. The highest BCUT2D eigenvalue weighted by Gasteiger charge is 2.44. The number of hydrogen-bond acceptors (Lipinski definition) is 4. The molecule has 1 heterocycles. The van der Waals surface area contributed by atoms with Crippen molar-refractivity contribution < 1.29 is 24.2 Å². The number of methoxy groups -OCH3 is 1. The molecule has 0 saturated carbocycles. The molecule has 1 aliphatic heterocycles. The topological polar surface area (TPSA) is 76.1 Å². The summed E-state index contributed by atoms with van der Waals surface area (Å²) in [5.74, 6) is -0.265. The van der Waals surface area contributed by atoms with E-state index in [1.165, 1.54) is 4.90 Å². The van der Waals surface area contributed by atoms with Crippen molar-refractivity contribution in [1.29, 1.82) is 0 Å². The smallest absolute Gasteiger partial charge is 0.415 e. The molecule has 1 aliphatic rings. The Balaban J connectivity index is 2.29. The van der Waals surface area contributed by atoms with Crippen molar-refractivity contribution in [3.05, 3.63) is 24.3 Å². The summed E-state index contributed by atoms with van der Waals surface area (Å²) < 4.78 is 10.2. The molecule has 0 radical (unpaired) electrons. The van der Waals surface area contributed by atoms with Crippen molar-refractivity contribution in [2.75, 3.05) is 18.6 Å². The van der Waals surface area contributed by atoms with Crippen LogP contribution in [0.25, 0.3) is 0 Å². The van der Waals surface area contributed by atoms with Crippen LogP contribution in [0, 0.1) is 0 Å². The number of carboxylic acid groups (broad SMARTS) is 1. The van der Waals surface area contributed by atoms with Crippen LogP contribution in [0.15, 0.2) is 24.3 Å². The summed E-state index contributed by atoms with van der Waals surface area (Å²) in [6.07, 6.45) is -0.162. The lowest BCUT2D eigenvalue weighted by molar-refractivity contribution is -0.137. The van der Waals surface area contributed by atoms with Gasteiger partial charge in [0.25, 0.3) is 0 Å². The summed E-state index contributed by atoms with van der Waals surface area (Å²) in [5.41, 5.74) is -0.0262. The van der Waals surface area contributed by atoms with E-state index in [1.54, 1.807) is 31.4 Å². The Hall–Kier alpha value is -2.24. The van der Waals surface area contributed by atoms with Crippen LogP contribution in [-0.4, -0.2) is 36.4 Å². The number of nitrogens with zero attached hydrogens (tertiary/aromatic N) is 1. The zero-order valence-corrected chi connectivity index (χ0v) is 11.5. The van der Waals surface area contributed by atoms with E-state index in [9.17, 15) is 9.59 Å². The first kappa shape index (κ1) is 14.2. The summed E-state index contributed by atoms with van der Waals surface area (Å²) in [4.78, 5) is 24.2. The third-order valence-corrected chi connectivity index (χ3v) is 3.42. The number of anilines is 1. The molecule has 1 N–H and O–H groups in total. The standard InChI is InChI=1S/C14H17NO5/c1-14(7-6-12(16)17)9-20-13(18)15(14)10-4-3-5-11(8-10)19-2/h3-5,8H,6-7,9H2,1-2H3,(H,16,17). The van der Waals surface area contributed by atoms with E-state index in [4.69, 9.17) is 14.6 Å². The molecule has 6 nitrogen and oxygen atoms in total. The van der Waals surface area contributed by atoms with Gasteiger partial charge in [0.1, 0.15) is 12.4 Å². The highest BCUT2D eigenvalue weighted by Crippen LogP contribution is 2.35. The van der Waals surface area contributed by atoms with E-state index in [-0.39, 0.29) is 13.0 Å². The Morgan fingerprint density at radius 3 is 2.95 bits per heavy atom. The van der Waals surface area contributed by atoms with Gasteiger partial charge in [-0.3, -0.25) is 9.69 Å². The monoisotopic (exact) mass is 279 g/mol. The fourth-order valence-corrected chi connectivity index (χ4v) is 2.29. The molecular weight excluding hydrogens is 262 g/mol. The van der Waals surface area contributed by atoms with Crippen LogP contribution in [0.4, 0.5) is 10.5 Å². The van der Waals surface area contributed by atoms with Gasteiger partial charge in [0.15, 0.2) is 0 Å². The number of hydrogen-bond donors (Lipinski definition) is 1. The van der Waals surface area contributed by atoms with Crippen molar-refractivity contribution in [3.8, 4) is 5.75 Å². The van der Waals surface area contributed by atoms with E-state index in [1.807, 2.05) is 6.92 Å². The predicted octanol–water partition coefficient (Wildman–Crippen LogP) is 2.28. The Morgan fingerprint density at radius 2 is 2.30 bits per heavy atom. The van der Waals surface area contributed by atoms with Crippen molar-refractivity contribution in [2.24, 2.45) is 0 Å². The second-order valence-corrected chi connectivity index (χ2v) is 4.98. The average Bonchev–Trinajstić information content (AvgIpc) is 2.73. The molecule has 0 spiro atoms. The van der Waals surface area contributed by atoms with Crippen LogP contribution in [0.2, 0.25) is 0 Å². The first-order valence-corrected chi connectivity index (χ1v) is 6.29. The Bertz CT molecular complexity index is 530. The minimum Gasteiger partial charge on any atom is -0.497 e. The number of ether oxygens (including phenoxy) is 2. The molecule has 2 rings (SSSR count). The van der Waals surface area contributed by atoms with Crippen molar-refractivity contribution in [3.63, 3.8) is 0 Å². The van der Waals surface area contributed by atoms with Gasteiger partial charge in [-0.1, -0.05) is 6.07 Å². The molecule has 1 amide bonds. The Morgan fingerprint density at radius 1 is 1.55 bits per heavy atom. The molecule has 6 heteroatoms. The second kappa shape index (κ2) is 5.40. The van der Waals surface area contributed by atoms with Gasteiger partial charge in [0.05, 0.1) is 18.3 Å². The van der Waals surface area contributed by atoms with Crippen molar-refractivity contribution >= 4 is 17.7 Å². The molecule has 1 unspecified atom stereocenters. The van der Waals surface area contributed by atoms with E-state index >= 15 is 0 Å². The molecule has 1 atom stereocenters. The van der Waals surface area contributed by atoms with Gasteiger partial charge < -0.3 is 14.6 Å². The van der Waals surface area contributed by atoms with Crippen molar-refractivity contribution in [2.45, 2.75) is 25.3 Å². The Kier molecular flexibility index (Phi) is 3.83. The summed E-state index contributed by atoms with van der Waals surface area (Å²) >= 11 is 0. The first-order chi connectivity index (χ1) is 9.46. The summed E-state index contributed by atoms with van der Waals surface area (Å²) in [6.45, 7) is 2.00. The summed E-state index contributed by atoms with van der Waals surface area (Å²) in [6, 6.07) is 7.05. The van der Waals surface area contributed by atoms with Gasteiger partial charge in [-0.2, -0.15) is 0 Å². The van der Waals surface area contributed by atoms with E-state index in [0.29, 0.717) is 17.9 Å². The Labute approximate surface area is 116 Å². The minimum absolute atomic E-state index is 0.0202. The largest absolute Gasteiger partial charge is 0.497 e. The van der Waals surface area contributed by atoms with Gasteiger partial charge in [0.2, 0.25) is 0 Å². The molecule has 1 aromatic rings. The predicted molar refractivity (Wildman–Crippen MR) is 72.1 cm³/mol. The van der Waals surface area contributed by atoms with Crippen LogP contribution in [0.5, 0.6) is 5.75 Å². The fourth-order valence-electron chi connectivity index (χ4n) is 2.29. The summed E-state index contributed by atoms with van der Waals surface area (Å²) in [7, 11) is 1.55. The van der Waals surface area contributed by atoms with Crippen LogP contribution in [0.3, 0.4) is 0 Å². The van der Waals surface area contributed by atoms with Crippen molar-refractivity contribution in [1.82, 2.24) is 0 Å². The quantitative estimate of drug-likeness (QED) is 0.894. The molecule has 0 aromatic heterocycles. The molecular formula is C14H17NO5. The zero-order chi connectivity index (χ0) is 14.8. The van der Waals surface area contributed by atoms with Gasteiger partial charge >= 0.3 is 12.1 Å². The number of carbonyl (C=O) groups is 2. The maximum absolute atomic E-state index is 12.0. The van der Waals surface area contributed by atoms with Gasteiger partial charge in [-0.15, -0.1) is 0 Å². The first-order valence-electron chi connectivity index (χ1n) is 6.29. The number of cyclic esters (lactones) is 1.